The van der Waals surface area contributed by atoms with Gasteiger partial charge in [0.05, 0.1) is 5.69 Å². The number of carbonyl (C=O) groups is 1. The number of ketones is 1. The van der Waals surface area contributed by atoms with Crippen molar-refractivity contribution in [2.75, 3.05) is 0 Å². The Morgan fingerprint density at radius 1 is 1.48 bits per heavy atom. The Hall–Kier alpha value is -2.63. The van der Waals surface area contributed by atoms with Crippen molar-refractivity contribution in [2.45, 2.75) is 27.3 Å². The van der Waals surface area contributed by atoms with Crippen molar-refractivity contribution in [2.24, 2.45) is 0 Å². The molecule has 0 aliphatic heterocycles. The molecule has 2 heterocycles. The van der Waals surface area contributed by atoms with Gasteiger partial charge >= 0.3 is 5.63 Å². The van der Waals surface area contributed by atoms with Crippen LogP contribution in [0, 0.1) is 13.8 Å². The van der Waals surface area contributed by atoms with Crippen molar-refractivity contribution in [3.63, 3.8) is 0 Å². The third-order valence-corrected chi connectivity index (χ3v) is 3.02. The number of aromatic hydroxyl groups is 1. The average molecular weight is 288 g/mol. The van der Waals surface area contributed by atoms with Crippen LogP contribution >= 0.6 is 0 Å². The molecule has 2 aromatic rings. The third-order valence-electron chi connectivity index (χ3n) is 3.02. The molecule has 1 N–H and O–H groups in total. The predicted octanol–water partition coefficient (Wildman–Crippen LogP) is 2.07. The summed E-state index contributed by atoms with van der Waals surface area (Å²) in [5, 5.41) is 14.0. The summed E-state index contributed by atoms with van der Waals surface area (Å²) in [5.41, 5.74) is 0.350. The van der Waals surface area contributed by atoms with Crippen molar-refractivity contribution in [1.29, 1.82) is 0 Å². The van der Waals surface area contributed by atoms with Gasteiger partial charge in [-0.3, -0.25) is 9.48 Å². The molecule has 0 radical (unpaired) electrons. The highest BCUT2D eigenvalue weighted by Gasteiger charge is 2.16. The van der Waals surface area contributed by atoms with Gasteiger partial charge in [-0.05, 0) is 32.9 Å². The van der Waals surface area contributed by atoms with Crippen molar-refractivity contribution in [3.8, 4) is 5.75 Å². The Bertz CT molecular complexity index is 768. The normalized spacial score (nSPS) is 11.2. The van der Waals surface area contributed by atoms with E-state index in [2.05, 4.69) is 5.10 Å². The number of hydrogen-bond donors (Lipinski definition) is 1. The Morgan fingerprint density at radius 2 is 2.19 bits per heavy atom. The molecule has 0 atom stereocenters. The largest absolute Gasteiger partial charge is 0.507 e. The second-order valence-corrected chi connectivity index (χ2v) is 4.63. The monoisotopic (exact) mass is 288 g/mol. The molecule has 0 saturated heterocycles. The van der Waals surface area contributed by atoms with Gasteiger partial charge in [-0.15, -0.1) is 0 Å². The third kappa shape index (κ3) is 3.10. The van der Waals surface area contributed by atoms with Gasteiger partial charge in [0, 0.05) is 24.4 Å². The summed E-state index contributed by atoms with van der Waals surface area (Å²) >= 11 is 0. The lowest BCUT2D eigenvalue weighted by Gasteiger charge is -1.99. The molecule has 2 rings (SSSR count). The van der Waals surface area contributed by atoms with Crippen molar-refractivity contribution >= 4 is 11.9 Å². The van der Waals surface area contributed by atoms with Crippen molar-refractivity contribution in [3.05, 3.63) is 51.3 Å². The zero-order chi connectivity index (χ0) is 15.6. The SMILES string of the molecule is CCn1cc(C=CC(=O)c2c(O)cc(C)oc2=O)c(C)n1. The highest BCUT2D eigenvalue weighted by molar-refractivity contribution is 6.08. The molecule has 6 heteroatoms. The van der Waals surface area contributed by atoms with Crippen LogP contribution in [0.3, 0.4) is 0 Å². The summed E-state index contributed by atoms with van der Waals surface area (Å²) in [6, 6.07) is 1.24. The lowest BCUT2D eigenvalue weighted by molar-refractivity contribution is 0.104. The first-order valence-corrected chi connectivity index (χ1v) is 6.52. The van der Waals surface area contributed by atoms with Gasteiger partial charge < -0.3 is 9.52 Å². The Labute approximate surface area is 121 Å². The standard InChI is InChI=1S/C15H16N2O4/c1-4-17-8-11(10(3)16-17)5-6-12(18)14-13(19)7-9(2)21-15(14)20/h5-8,19H,4H2,1-3H3. The lowest BCUT2D eigenvalue weighted by Crippen LogP contribution is -2.12. The molecular weight excluding hydrogens is 272 g/mol. The molecule has 6 nitrogen and oxygen atoms in total. The molecule has 0 spiro atoms. The van der Waals surface area contributed by atoms with Crippen LogP contribution in [0.5, 0.6) is 5.75 Å². The highest BCUT2D eigenvalue weighted by atomic mass is 16.4. The van der Waals surface area contributed by atoms with Gasteiger partial charge in [-0.25, -0.2) is 4.79 Å². The first-order chi connectivity index (χ1) is 9.92. The summed E-state index contributed by atoms with van der Waals surface area (Å²) in [5.74, 6) is -0.734. The van der Waals surface area contributed by atoms with E-state index in [0.717, 1.165) is 17.8 Å². The molecule has 0 fully saturated rings. The van der Waals surface area contributed by atoms with Crippen LogP contribution < -0.4 is 5.63 Å². The van der Waals surface area contributed by atoms with Gasteiger partial charge in [0.15, 0.2) is 5.78 Å². The molecular formula is C15H16N2O4. The van der Waals surface area contributed by atoms with E-state index in [1.165, 1.54) is 19.1 Å². The molecule has 0 unspecified atom stereocenters. The Kier molecular flexibility index (Phi) is 4.07. The molecule has 0 aliphatic carbocycles. The molecule has 2 aromatic heterocycles. The first-order valence-electron chi connectivity index (χ1n) is 6.52. The van der Waals surface area contributed by atoms with Gasteiger partial charge in [0.2, 0.25) is 0 Å². The van der Waals surface area contributed by atoms with Crippen molar-refractivity contribution < 1.29 is 14.3 Å². The molecule has 110 valence electrons. The number of aromatic nitrogens is 2. The quantitative estimate of drug-likeness (QED) is 0.687. The van der Waals surface area contributed by atoms with Crippen LogP contribution in [0.4, 0.5) is 0 Å². The second-order valence-electron chi connectivity index (χ2n) is 4.63. The second kappa shape index (κ2) is 5.78. The van der Waals surface area contributed by atoms with Crippen molar-refractivity contribution in [1.82, 2.24) is 9.78 Å². The van der Waals surface area contributed by atoms with Crippen LogP contribution in [0.15, 0.2) is 27.6 Å². The van der Waals surface area contributed by atoms with Gasteiger partial charge in [0.1, 0.15) is 17.1 Å². The Morgan fingerprint density at radius 3 is 2.76 bits per heavy atom. The fraction of sp³-hybridized carbons (Fsp3) is 0.267. The summed E-state index contributed by atoms with van der Waals surface area (Å²) < 4.78 is 6.57. The minimum atomic E-state index is -0.844. The Balaban J connectivity index is 2.31. The lowest BCUT2D eigenvalue weighted by atomic mass is 10.1. The van der Waals surface area contributed by atoms with Gasteiger partial charge in [-0.2, -0.15) is 5.10 Å². The number of allylic oxidation sites excluding steroid dienone is 1. The van der Waals surface area contributed by atoms with Crippen LogP contribution in [-0.4, -0.2) is 20.7 Å². The van der Waals surface area contributed by atoms with Crippen LogP contribution in [-0.2, 0) is 6.54 Å². The minimum absolute atomic E-state index is 0.248. The maximum Gasteiger partial charge on any atom is 0.351 e. The number of rotatable bonds is 4. The van der Waals surface area contributed by atoms with E-state index in [9.17, 15) is 14.7 Å². The van der Waals surface area contributed by atoms with E-state index >= 15 is 0 Å². The average Bonchev–Trinajstić information content (AvgIpc) is 2.76. The zero-order valence-electron chi connectivity index (χ0n) is 12.1. The van der Waals surface area contributed by atoms with E-state index in [1.807, 2.05) is 13.8 Å². The highest BCUT2D eigenvalue weighted by Crippen LogP contribution is 2.16. The van der Waals surface area contributed by atoms with Crippen LogP contribution in [0.2, 0.25) is 0 Å². The number of nitrogens with zero attached hydrogens (tertiary/aromatic N) is 2. The molecule has 0 saturated carbocycles. The molecule has 0 bridgehead atoms. The smallest absolute Gasteiger partial charge is 0.351 e. The fourth-order valence-electron chi connectivity index (χ4n) is 1.93. The predicted molar refractivity (Wildman–Crippen MR) is 77.4 cm³/mol. The van der Waals surface area contributed by atoms with Crippen LogP contribution in [0.25, 0.3) is 6.08 Å². The number of carbonyl (C=O) groups excluding carboxylic acids is 1. The molecule has 0 amide bonds. The van der Waals surface area contributed by atoms with E-state index in [0.29, 0.717) is 0 Å². The van der Waals surface area contributed by atoms with Gasteiger partial charge in [-0.1, -0.05) is 0 Å². The maximum atomic E-state index is 12.0. The zero-order valence-corrected chi connectivity index (χ0v) is 12.1. The first kappa shape index (κ1) is 14.8. The molecule has 0 aliphatic rings. The topological polar surface area (TPSA) is 85.3 Å². The number of hydrogen-bond acceptors (Lipinski definition) is 5. The summed E-state index contributed by atoms with van der Waals surface area (Å²) in [6.45, 7) is 6.04. The van der Waals surface area contributed by atoms with Crippen LogP contribution in [0.1, 0.15) is 34.3 Å². The summed E-state index contributed by atoms with van der Waals surface area (Å²) in [6.07, 6.45) is 4.59. The number of aryl methyl sites for hydroxylation is 3. The van der Waals surface area contributed by atoms with E-state index in [4.69, 9.17) is 4.42 Å². The van der Waals surface area contributed by atoms with E-state index < -0.39 is 11.4 Å². The summed E-state index contributed by atoms with van der Waals surface area (Å²) in [4.78, 5) is 23.7. The summed E-state index contributed by atoms with van der Waals surface area (Å²) in [7, 11) is 0. The van der Waals surface area contributed by atoms with Gasteiger partial charge in [0.25, 0.3) is 0 Å². The van der Waals surface area contributed by atoms with E-state index in [-0.39, 0.29) is 17.1 Å². The maximum absolute atomic E-state index is 12.0. The molecule has 21 heavy (non-hydrogen) atoms. The van der Waals surface area contributed by atoms with E-state index in [1.54, 1.807) is 17.0 Å². The molecule has 0 aromatic carbocycles. The minimum Gasteiger partial charge on any atom is -0.507 e. The fourth-order valence-corrected chi connectivity index (χ4v) is 1.93.